The molecule has 0 unspecified atom stereocenters. The maximum absolute atomic E-state index is 2.44. The minimum absolute atomic E-state index is 1.30. The molecule has 2 aliphatic rings. The highest BCUT2D eigenvalue weighted by atomic mass is 15.2. The van der Waals surface area contributed by atoms with Crippen LogP contribution in [0.25, 0.3) is 0 Å². The maximum Gasteiger partial charge on any atom is 0.0229 e. The first kappa shape index (κ1) is 3.53. The van der Waals surface area contributed by atoms with E-state index in [2.05, 4.69) is 11.0 Å². The number of fused-ring (bicyclic) bond motifs is 1. The summed E-state index contributed by atoms with van der Waals surface area (Å²) >= 11 is 0. The zero-order valence-corrected chi connectivity index (χ0v) is 4.35. The van der Waals surface area contributed by atoms with Crippen molar-refractivity contribution in [3.8, 4) is 0 Å². The smallest absolute Gasteiger partial charge is 0.0229 e. The number of hydrogen-bond donors (Lipinski definition) is 0. The third-order valence-electron chi connectivity index (χ3n) is 1.82. The summed E-state index contributed by atoms with van der Waals surface area (Å²) in [6, 6.07) is 0. The van der Waals surface area contributed by atoms with Gasteiger partial charge in [-0.3, -0.25) is 0 Å². The van der Waals surface area contributed by atoms with Crippen LogP contribution < -0.4 is 0 Å². The van der Waals surface area contributed by atoms with E-state index in [-0.39, 0.29) is 0 Å². The Labute approximate surface area is 43.6 Å². The molecule has 0 amide bonds. The van der Waals surface area contributed by atoms with Gasteiger partial charge in [0.2, 0.25) is 0 Å². The molecule has 0 aromatic heterocycles. The van der Waals surface area contributed by atoms with E-state index in [0.29, 0.717) is 0 Å². The number of nitrogens with zero attached hydrogens (tertiary/aromatic N) is 1. The molecule has 0 N–H and O–H groups in total. The van der Waals surface area contributed by atoms with Crippen LogP contribution in [-0.2, 0) is 0 Å². The molecule has 0 spiro atoms. The van der Waals surface area contributed by atoms with Gasteiger partial charge in [0.1, 0.15) is 0 Å². The lowest BCUT2D eigenvalue weighted by molar-refractivity contribution is 0.286. The van der Waals surface area contributed by atoms with Gasteiger partial charge in [0, 0.05) is 25.2 Å². The van der Waals surface area contributed by atoms with Crippen LogP contribution in [0, 0.1) is 0 Å². The minimum atomic E-state index is 1.30. The molecule has 2 rings (SSSR count). The summed E-state index contributed by atoms with van der Waals surface area (Å²) in [6.45, 7) is 2.63. The molecule has 0 saturated carbocycles. The molecule has 1 fully saturated rings. The molecule has 0 aromatic carbocycles. The van der Waals surface area contributed by atoms with Crippen molar-refractivity contribution in [1.29, 1.82) is 0 Å². The molecule has 0 aromatic rings. The third kappa shape index (κ3) is 0.328. The Morgan fingerprint density at radius 3 is 2.71 bits per heavy atom. The van der Waals surface area contributed by atoms with E-state index in [1.165, 1.54) is 25.9 Å². The average Bonchev–Trinajstić information content (AvgIpc) is 1.85. The largest absolute Gasteiger partial charge is 0.374 e. The van der Waals surface area contributed by atoms with Crippen LogP contribution in [-0.4, -0.2) is 18.0 Å². The second kappa shape index (κ2) is 1.03. The first-order valence-electron chi connectivity index (χ1n) is 2.91. The molecule has 2 heterocycles. The van der Waals surface area contributed by atoms with Gasteiger partial charge in [-0.05, 0) is 6.42 Å². The van der Waals surface area contributed by atoms with Gasteiger partial charge >= 0.3 is 0 Å². The summed E-state index contributed by atoms with van der Waals surface area (Å²) in [5.41, 5.74) is 1.60. The summed E-state index contributed by atoms with van der Waals surface area (Å²) in [7, 11) is 0. The van der Waals surface area contributed by atoms with E-state index < -0.39 is 0 Å². The predicted octanol–water partition coefficient (Wildman–Crippen LogP) is 0.980. The Balaban J connectivity index is 2.21. The SMILES string of the molecule is C1=C2CCN2CC1. The lowest BCUT2D eigenvalue weighted by Crippen LogP contribution is -2.31. The molecule has 1 saturated heterocycles. The maximum atomic E-state index is 2.44. The standard InChI is InChI=1S/C6H9N/c1-2-6-3-5-7(6)4-1/h2H,1,3-5H2. The molecule has 2 aliphatic heterocycles. The van der Waals surface area contributed by atoms with E-state index >= 15 is 0 Å². The lowest BCUT2D eigenvalue weighted by Gasteiger charge is -2.31. The minimum Gasteiger partial charge on any atom is -0.374 e. The van der Waals surface area contributed by atoms with Crippen molar-refractivity contribution in [2.24, 2.45) is 0 Å². The van der Waals surface area contributed by atoms with Gasteiger partial charge in [0.15, 0.2) is 0 Å². The summed E-state index contributed by atoms with van der Waals surface area (Å²) in [6.07, 6.45) is 5.00. The lowest BCUT2D eigenvalue weighted by atomic mass is 10.2. The fourth-order valence-corrected chi connectivity index (χ4v) is 1.27. The van der Waals surface area contributed by atoms with Gasteiger partial charge in [0.05, 0.1) is 0 Å². The highest BCUT2D eigenvalue weighted by Gasteiger charge is 2.22. The molecule has 38 valence electrons. The molecular formula is C6H9N. The van der Waals surface area contributed by atoms with E-state index in [1.807, 2.05) is 0 Å². The highest BCUT2D eigenvalue weighted by Crippen LogP contribution is 2.26. The molecule has 0 bridgehead atoms. The first-order valence-corrected chi connectivity index (χ1v) is 2.91. The van der Waals surface area contributed by atoms with Gasteiger partial charge in [-0.2, -0.15) is 0 Å². The fraction of sp³-hybridized carbons (Fsp3) is 0.667. The second-order valence-corrected chi connectivity index (χ2v) is 2.22. The van der Waals surface area contributed by atoms with E-state index in [0.717, 1.165) is 0 Å². The number of hydrogen-bond acceptors (Lipinski definition) is 1. The third-order valence-corrected chi connectivity index (χ3v) is 1.82. The Hall–Kier alpha value is -0.460. The van der Waals surface area contributed by atoms with Crippen molar-refractivity contribution in [2.75, 3.05) is 13.1 Å². The molecule has 0 atom stereocenters. The predicted molar refractivity (Wildman–Crippen MR) is 28.9 cm³/mol. The van der Waals surface area contributed by atoms with Gasteiger partial charge < -0.3 is 4.90 Å². The van der Waals surface area contributed by atoms with Gasteiger partial charge in [-0.15, -0.1) is 0 Å². The normalized spacial score (nSPS) is 26.3. The van der Waals surface area contributed by atoms with Crippen LogP contribution in [0.5, 0.6) is 0 Å². The summed E-state index contributed by atoms with van der Waals surface area (Å²) in [5, 5.41) is 0. The van der Waals surface area contributed by atoms with Crippen LogP contribution in [0.3, 0.4) is 0 Å². The summed E-state index contributed by atoms with van der Waals surface area (Å²) in [5.74, 6) is 0. The molecule has 1 nitrogen and oxygen atoms in total. The topological polar surface area (TPSA) is 3.24 Å². The molecule has 0 aliphatic carbocycles. The molecule has 7 heavy (non-hydrogen) atoms. The first-order chi connectivity index (χ1) is 3.47. The van der Waals surface area contributed by atoms with Gasteiger partial charge in [0.25, 0.3) is 0 Å². The van der Waals surface area contributed by atoms with E-state index in [4.69, 9.17) is 0 Å². The van der Waals surface area contributed by atoms with Crippen LogP contribution >= 0.6 is 0 Å². The van der Waals surface area contributed by atoms with Crippen LogP contribution in [0.15, 0.2) is 11.8 Å². The van der Waals surface area contributed by atoms with Crippen molar-refractivity contribution in [1.82, 2.24) is 4.90 Å². The zero-order valence-electron chi connectivity index (χ0n) is 4.35. The Morgan fingerprint density at radius 1 is 1.43 bits per heavy atom. The molecular weight excluding hydrogens is 86.1 g/mol. The quantitative estimate of drug-likeness (QED) is 0.433. The molecule has 0 radical (unpaired) electrons. The van der Waals surface area contributed by atoms with Crippen molar-refractivity contribution in [3.63, 3.8) is 0 Å². The Morgan fingerprint density at radius 2 is 2.43 bits per heavy atom. The van der Waals surface area contributed by atoms with Crippen LogP contribution in [0.1, 0.15) is 12.8 Å². The monoisotopic (exact) mass is 95.1 g/mol. The average molecular weight is 95.1 g/mol. The van der Waals surface area contributed by atoms with Crippen molar-refractivity contribution < 1.29 is 0 Å². The van der Waals surface area contributed by atoms with E-state index in [9.17, 15) is 0 Å². The number of rotatable bonds is 0. The second-order valence-electron chi connectivity index (χ2n) is 2.22. The van der Waals surface area contributed by atoms with Crippen molar-refractivity contribution in [3.05, 3.63) is 11.8 Å². The van der Waals surface area contributed by atoms with Crippen molar-refractivity contribution >= 4 is 0 Å². The van der Waals surface area contributed by atoms with Crippen LogP contribution in [0.4, 0.5) is 0 Å². The van der Waals surface area contributed by atoms with Crippen LogP contribution in [0.2, 0.25) is 0 Å². The fourth-order valence-electron chi connectivity index (χ4n) is 1.27. The Bertz CT molecular complexity index is 115. The molecule has 1 heteroatoms. The Kier molecular flexibility index (Phi) is 0.518. The van der Waals surface area contributed by atoms with Gasteiger partial charge in [-0.25, -0.2) is 0 Å². The summed E-state index contributed by atoms with van der Waals surface area (Å²) < 4.78 is 0. The van der Waals surface area contributed by atoms with Crippen molar-refractivity contribution in [2.45, 2.75) is 12.8 Å². The van der Waals surface area contributed by atoms with Gasteiger partial charge in [-0.1, -0.05) is 6.08 Å². The zero-order chi connectivity index (χ0) is 4.69. The highest BCUT2D eigenvalue weighted by molar-refractivity contribution is 5.14. The van der Waals surface area contributed by atoms with E-state index in [1.54, 1.807) is 5.70 Å². The summed E-state index contributed by atoms with van der Waals surface area (Å²) in [4.78, 5) is 2.44.